The van der Waals surface area contributed by atoms with Crippen molar-refractivity contribution >= 4 is 11.3 Å². The topological polar surface area (TPSA) is 57.9 Å². The predicted octanol–water partition coefficient (Wildman–Crippen LogP) is 1.19. The van der Waals surface area contributed by atoms with E-state index in [1.54, 1.807) is 0 Å². The maximum atomic E-state index is 10.6. The van der Waals surface area contributed by atoms with Gasteiger partial charge < -0.3 is 4.55 Å². The maximum absolute atomic E-state index is 10.6. The van der Waals surface area contributed by atoms with Crippen molar-refractivity contribution in [1.82, 2.24) is 8.96 Å². The van der Waals surface area contributed by atoms with E-state index in [2.05, 4.69) is 4.98 Å². The second kappa shape index (κ2) is 3.73. The first-order valence-corrected chi connectivity index (χ1v) is 5.00. The van der Waals surface area contributed by atoms with Gasteiger partial charge in [0.1, 0.15) is 6.33 Å². The molecule has 14 heavy (non-hydrogen) atoms. The summed E-state index contributed by atoms with van der Waals surface area (Å²) in [6.45, 7) is 0. The Labute approximate surface area is 83.6 Å². The largest absolute Gasteiger partial charge is 0.755 e. The van der Waals surface area contributed by atoms with E-state index in [-0.39, 0.29) is 0 Å². The molecule has 1 atom stereocenters. The number of hydrogen-bond acceptors (Lipinski definition) is 3. The molecular formula is C9H7N2O2S-. The van der Waals surface area contributed by atoms with Crippen molar-refractivity contribution in [3.8, 4) is 11.3 Å². The van der Waals surface area contributed by atoms with Crippen molar-refractivity contribution < 1.29 is 8.76 Å². The average molecular weight is 207 g/mol. The monoisotopic (exact) mass is 207 g/mol. The van der Waals surface area contributed by atoms with Gasteiger partial charge in [0.2, 0.25) is 0 Å². The summed E-state index contributed by atoms with van der Waals surface area (Å²) in [6.07, 6.45) is 2.74. The standard InChI is InChI=1S/C9H8N2O2S/c12-14(13)11-6-9(10-7-11)8-4-2-1-3-5-8/h1-7H,(H,12,13)/p-1. The first-order chi connectivity index (χ1) is 6.77. The van der Waals surface area contributed by atoms with Gasteiger partial charge >= 0.3 is 0 Å². The molecule has 4 nitrogen and oxygen atoms in total. The normalized spacial score (nSPS) is 12.6. The molecule has 1 aromatic heterocycles. The Bertz CT molecular complexity index is 453. The van der Waals surface area contributed by atoms with Crippen molar-refractivity contribution in [3.05, 3.63) is 42.9 Å². The summed E-state index contributed by atoms with van der Waals surface area (Å²) < 4.78 is 22.2. The third kappa shape index (κ3) is 1.73. The minimum absolute atomic E-state index is 0.648. The molecule has 72 valence electrons. The van der Waals surface area contributed by atoms with E-state index >= 15 is 0 Å². The van der Waals surface area contributed by atoms with E-state index in [1.807, 2.05) is 30.3 Å². The van der Waals surface area contributed by atoms with Gasteiger partial charge in [0, 0.05) is 11.8 Å². The molecule has 0 saturated carbocycles. The van der Waals surface area contributed by atoms with Gasteiger partial charge in [-0.05, 0) is 0 Å². The molecule has 0 spiro atoms. The molecule has 0 bridgehead atoms. The molecule has 1 aromatic carbocycles. The summed E-state index contributed by atoms with van der Waals surface area (Å²) in [5, 5.41) is 0. The van der Waals surface area contributed by atoms with Crippen molar-refractivity contribution in [2.75, 3.05) is 0 Å². The van der Waals surface area contributed by atoms with Crippen LogP contribution < -0.4 is 0 Å². The van der Waals surface area contributed by atoms with Crippen LogP contribution >= 0.6 is 0 Å². The summed E-state index contributed by atoms with van der Waals surface area (Å²) >= 11 is -2.28. The lowest BCUT2D eigenvalue weighted by atomic mass is 10.2. The maximum Gasteiger partial charge on any atom is 0.107 e. The SMILES string of the molecule is O=S([O-])n1cnc(-c2ccccc2)c1. The third-order valence-corrected chi connectivity index (χ3v) is 2.35. The minimum atomic E-state index is -2.28. The van der Waals surface area contributed by atoms with Crippen LogP contribution in [0.2, 0.25) is 0 Å². The van der Waals surface area contributed by atoms with Crippen LogP contribution in [-0.2, 0) is 11.3 Å². The molecule has 2 rings (SSSR count). The van der Waals surface area contributed by atoms with Crippen LogP contribution in [0, 0.1) is 0 Å². The fraction of sp³-hybridized carbons (Fsp3) is 0. The van der Waals surface area contributed by atoms with Gasteiger partial charge in [0.25, 0.3) is 0 Å². The molecule has 0 radical (unpaired) electrons. The summed E-state index contributed by atoms with van der Waals surface area (Å²) in [5.41, 5.74) is 1.55. The zero-order chi connectivity index (χ0) is 9.97. The van der Waals surface area contributed by atoms with Gasteiger partial charge in [-0.15, -0.1) is 0 Å². The second-order valence-electron chi connectivity index (χ2n) is 2.70. The number of aromatic nitrogens is 2. The number of hydrogen-bond donors (Lipinski definition) is 0. The first-order valence-electron chi connectivity index (χ1n) is 3.96. The number of rotatable bonds is 2. The first kappa shape index (κ1) is 9.11. The van der Waals surface area contributed by atoms with Crippen LogP contribution in [0.4, 0.5) is 0 Å². The molecular weight excluding hydrogens is 200 g/mol. The van der Waals surface area contributed by atoms with Crippen LogP contribution in [0.25, 0.3) is 11.3 Å². The van der Waals surface area contributed by atoms with Gasteiger partial charge in [-0.3, -0.25) is 8.18 Å². The van der Waals surface area contributed by atoms with Gasteiger partial charge in [0.05, 0.1) is 17.0 Å². The molecule has 0 aliphatic carbocycles. The van der Waals surface area contributed by atoms with Crippen LogP contribution in [-0.4, -0.2) is 17.7 Å². The van der Waals surface area contributed by atoms with E-state index in [0.29, 0.717) is 5.69 Å². The van der Waals surface area contributed by atoms with Crippen molar-refractivity contribution in [3.63, 3.8) is 0 Å². The molecule has 2 aromatic rings. The number of benzene rings is 1. The molecule has 1 heterocycles. The lowest BCUT2D eigenvalue weighted by Crippen LogP contribution is -1.98. The van der Waals surface area contributed by atoms with Crippen LogP contribution in [0.15, 0.2) is 42.9 Å². The van der Waals surface area contributed by atoms with Crippen LogP contribution in [0.3, 0.4) is 0 Å². The highest BCUT2D eigenvalue weighted by Gasteiger charge is 2.00. The predicted molar refractivity (Wildman–Crippen MR) is 52.0 cm³/mol. The van der Waals surface area contributed by atoms with E-state index in [1.165, 1.54) is 12.5 Å². The van der Waals surface area contributed by atoms with Crippen LogP contribution in [0.5, 0.6) is 0 Å². The van der Waals surface area contributed by atoms with Crippen molar-refractivity contribution in [1.29, 1.82) is 0 Å². The molecule has 0 aliphatic heterocycles. The van der Waals surface area contributed by atoms with E-state index in [4.69, 9.17) is 0 Å². The molecule has 5 heteroatoms. The Morgan fingerprint density at radius 3 is 2.57 bits per heavy atom. The molecule has 0 saturated heterocycles. The molecule has 0 amide bonds. The van der Waals surface area contributed by atoms with Gasteiger partial charge in [-0.25, -0.2) is 4.98 Å². The Morgan fingerprint density at radius 2 is 2.00 bits per heavy atom. The van der Waals surface area contributed by atoms with Gasteiger partial charge in [-0.2, -0.15) is 0 Å². The Balaban J connectivity index is 2.39. The lowest BCUT2D eigenvalue weighted by Gasteiger charge is -2.02. The second-order valence-corrected chi connectivity index (χ2v) is 3.56. The van der Waals surface area contributed by atoms with E-state index in [9.17, 15) is 8.76 Å². The van der Waals surface area contributed by atoms with Crippen LogP contribution in [0.1, 0.15) is 0 Å². The van der Waals surface area contributed by atoms with E-state index in [0.717, 1.165) is 9.54 Å². The zero-order valence-corrected chi connectivity index (χ0v) is 7.98. The number of imidazole rings is 1. The summed E-state index contributed by atoms with van der Waals surface area (Å²) in [7, 11) is 0. The minimum Gasteiger partial charge on any atom is -0.755 e. The highest BCUT2D eigenvalue weighted by atomic mass is 32.2. The number of nitrogens with zero attached hydrogens (tertiary/aromatic N) is 2. The van der Waals surface area contributed by atoms with Crippen molar-refractivity contribution in [2.45, 2.75) is 0 Å². The fourth-order valence-corrected chi connectivity index (χ4v) is 1.46. The zero-order valence-electron chi connectivity index (χ0n) is 7.16. The highest BCUT2D eigenvalue weighted by molar-refractivity contribution is 7.77. The van der Waals surface area contributed by atoms with Crippen molar-refractivity contribution in [2.24, 2.45) is 0 Å². The summed E-state index contributed by atoms with van der Waals surface area (Å²) in [6, 6.07) is 9.40. The quantitative estimate of drug-likeness (QED) is 0.695. The molecule has 1 unspecified atom stereocenters. The summed E-state index contributed by atoms with van der Waals surface area (Å²) in [4.78, 5) is 3.98. The van der Waals surface area contributed by atoms with Gasteiger partial charge in [0.15, 0.2) is 0 Å². The average Bonchev–Trinajstić information content (AvgIpc) is 2.68. The molecule has 0 N–H and O–H groups in total. The van der Waals surface area contributed by atoms with Gasteiger partial charge in [-0.1, -0.05) is 30.3 Å². The third-order valence-electron chi connectivity index (χ3n) is 1.80. The lowest BCUT2D eigenvalue weighted by molar-refractivity contribution is 0.528. The Morgan fingerprint density at radius 1 is 1.29 bits per heavy atom. The highest BCUT2D eigenvalue weighted by Crippen LogP contribution is 2.15. The Kier molecular flexibility index (Phi) is 2.43. The summed E-state index contributed by atoms with van der Waals surface area (Å²) in [5.74, 6) is 0. The fourth-order valence-electron chi connectivity index (χ4n) is 1.15. The smallest absolute Gasteiger partial charge is 0.107 e. The Hall–Kier alpha value is -1.46. The molecule has 0 aliphatic rings. The molecule has 0 fully saturated rings. The van der Waals surface area contributed by atoms with E-state index < -0.39 is 11.3 Å².